The summed E-state index contributed by atoms with van der Waals surface area (Å²) in [4.78, 5) is 17.5. The van der Waals surface area contributed by atoms with Gasteiger partial charge in [-0.2, -0.15) is 10.2 Å². The van der Waals surface area contributed by atoms with Crippen LogP contribution in [0.5, 0.6) is 5.75 Å². The van der Waals surface area contributed by atoms with E-state index in [9.17, 15) is 13.2 Å². The molecule has 1 amide bonds. The zero-order valence-corrected chi connectivity index (χ0v) is 21.6. The standard InChI is InChI=1S/C25H21ClN6O4S/c1-15-21(14-28-31(15)2)23-8-9-27-24-13-22(30-32(23)24)25(33)29-17-10-18(36-3)12-20(11-17)37(34,35)19-6-4-16(26)5-7-19/h4-14H,1-3H3,(H,29,33). The Labute approximate surface area is 217 Å². The van der Waals surface area contributed by atoms with Crippen molar-refractivity contribution in [3.63, 3.8) is 0 Å². The van der Waals surface area contributed by atoms with E-state index >= 15 is 0 Å². The third kappa shape index (κ3) is 4.54. The number of benzene rings is 2. The van der Waals surface area contributed by atoms with Crippen LogP contribution in [0.25, 0.3) is 16.9 Å². The summed E-state index contributed by atoms with van der Waals surface area (Å²) in [5.41, 5.74) is 3.32. The van der Waals surface area contributed by atoms with Crippen LogP contribution in [0.4, 0.5) is 5.69 Å². The molecule has 5 rings (SSSR count). The monoisotopic (exact) mass is 536 g/mol. The highest BCUT2D eigenvalue weighted by Gasteiger charge is 2.21. The third-order valence-corrected chi connectivity index (χ3v) is 7.91. The number of rotatable bonds is 6. The summed E-state index contributed by atoms with van der Waals surface area (Å²) in [6, 6.07) is 13.4. The minimum Gasteiger partial charge on any atom is -0.497 e. The van der Waals surface area contributed by atoms with E-state index in [0.29, 0.717) is 10.7 Å². The highest BCUT2D eigenvalue weighted by atomic mass is 35.5. The summed E-state index contributed by atoms with van der Waals surface area (Å²) in [6.45, 7) is 1.93. The van der Waals surface area contributed by atoms with E-state index in [1.807, 2.05) is 14.0 Å². The summed E-state index contributed by atoms with van der Waals surface area (Å²) in [7, 11) is -0.644. The van der Waals surface area contributed by atoms with Gasteiger partial charge in [-0.1, -0.05) is 11.6 Å². The van der Waals surface area contributed by atoms with Gasteiger partial charge >= 0.3 is 0 Å². The summed E-state index contributed by atoms with van der Waals surface area (Å²) < 4.78 is 35.0. The smallest absolute Gasteiger partial charge is 0.276 e. The zero-order valence-electron chi connectivity index (χ0n) is 20.0. The molecule has 0 fully saturated rings. The first-order valence-corrected chi connectivity index (χ1v) is 12.9. The van der Waals surface area contributed by atoms with Crippen molar-refractivity contribution in [2.24, 2.45) is 7.05 Å². The van der Waals surface area contributed by atoms with Gasteiger partial charge in [0.2, 0.25) is 9.84 Å². The van der Waals surface area contributed by atoms with Crippen LogP contribution < -0.4 is 10.1 Å². The molecule has 3 heterocycles. The van der Waals surface area contributed by atoms with Crippen molar-refractivity contribution in [1.29, 1.82) is 0 Å². The van der Waals surface area contributed by atoms with Crippen molar-refractivity contribution >= 4 is 38.7 Å². The number of hydrogen-bond donors (Lipinski definition) is 1. The first-order chi connectivity index (χ1) is 17.7. The van der Waals surface area contributed by atoms with Crippen molar-refractivity contribution < 1.29 is 17.9 Å². The van der Waals surface area contributed by atoms with Gasteiger partial charge in [-0.3, -0.25) is 9.48 Å². The van der Waals surface area contributed by atoms with E-state index in [1.54, 1.807) is 33.7 Å². The van der Waals surface area contributed by atoms with Crippen molar-refractivity contribution in [2.75, 3.05) is 12.4 Å². The van der Waals surface area contributed by atoms with E-state index in [1.165, 1.54) is 49.6 Å². The Morgan fingerprint density at radius 2 is 1.81 bits per heavy atom. The summed E-state index contributed by atoms with van der Waals surface area (Å²) in [5.74, 6) is -0.279. The van der Waals surface area contributed by atoms with Gasteiger partial charge in [0.15, 0.2) is 11.3 Å². The van der Waals surface area contributed by atoms with E-state index in [4.69, 9.17) is 16.3 Å². The number of nitrogens with zero attached hydrogens (tertiary/aromatic N) is 5. The van der Waals surface area contributed by atoms with Gasteiger partial charge in [-0.05, 0) is 49.4 Å². The quantitative estimate of drug-likeness (QED) is 0.345. The van der Waals surface area contributed by atoms with E-state index in [0.717, 1.165) is 17.0 Å². The third-order valence-electron chi connectivity index (χ3n) is 5.91. The molecule has 188 valence electrons. The number of aryl methyl sites for hydroxylation is 1. The maximum absolute atomic E-state index is 13.2. The Kier molecular flexibility index (Phi) is 6.18. The number of fused-ring (bicyclic) bond motifs is 1. The van der Waals surface area contributed by atoms with Gasteiger partial charge < -0.3 is 10.1 Å². The van der Waals surface area contributed by atoms with E-state index in [-0.39, 0.29) is 26.9 Å². The largest absolute Gasteiger partial charge is 0.497 e. The molecular weight excluding hydrogens is 516 g/mol. The number of ether oxygens (including phenoxy) is 1. The molecule has 3 aromatic heterocycles. The Morgan fingerprint density at radius 1 is 1.05 bits per heavy atom. The normalized spacial score (nSPS) is 11.6. The Morgan fingerprint density at radius 3 is 2.49 bits per heavy atom. The predicted molar refractivity (Wildman–Crippen MR) is 138 cm³/mol. The number of halogens is 1. The Bertz CT molecular complexity index is 1760. The summed E-state index contributed by atoms with van der Waals surface area (Å²) in [6.07, 6.45) is 3.36. The molecule has 0 radical (unpaired) electrons. The molecule has 37 heavy (non-hydrogen) atoms. The number of carbonyl (C=O) groups excluding carboxylic acids is 1. The van der Waals surface area contributed by atoms with E-state index in [2.05, 4.69) is 20.5 Å². The van der Waals surface area contributed by atoms with Crippen molar-refractivity contribution in [3.05, 3.63) is 83.4 Å². The minimum atomic E-state index is -3.90. The van der Waals surface area contributed by atoms with Gasteiger partial charge in [-0.25, -0.2) is 17.9 Å². The molecule has 1 N–H and O–H groups in total. The Balaban J connectivity index is 1.49. The molecule has 0 bridgehead atoms. The molecule has 5 aromatic rings. The lowest BCUT2D eigenvalue weighted by molar-refractivity contribution is 0.102. The van der Waals surface area contributed by atoms with Crippen molar-refractivity contribution in [1.82, 2.24) is 24.4 Å². The van der Waals surface area contributed by atoms with Crippen LogP contribution in [-0.2, 0) is 16.9 Å². The molecule has 2 aromatic carbocycles. The van der Waals surface area contributed by atoms with Crippen LogP contribution in [0, 0.1) is 6.92 Å². The molecule has 0 unspecified atom stereocenters. The maximum atomic E-state index is 13.2. The molecule has 0 saturated carbocycles. The molecule has 12 heteroatoms. The van der Waals surface area contributed by atoms with Gasteiger partial charge in [0.25, 0.3) is 5.91 Å². The van der Waals surface area contributed by atoms with E-state index < -0.39 is 15.7 Å². The first-order valence-electron chi connectivity index (χ1n) is 11.0. The summed E-state index contributed by atoms with van der Waals surface area (Å²) >= 11 is 5.90. The van der Waals surface area contributed by atoms with Crippen LogP contribution in [0.15, 0.2) is 76.8 Å². The average molecular weight is 537 g/mol. The topological polar surface area (TPSA) is 120 Å². The molecular formula is C25H21ClN6O4S. The average Bonchev–Trinajstić information content (AvgIpc) is 3.47. The van der Waals surface area contributed by atoms with Gasteiger partial charge in [0.05, 0.1) is 28.8 Å². The molecule has 0 aliphatic rings. The first kappa shape index (κ1) is 24.5. The number of sulfone groups is 1. The van der Waals surface area contributed by atoms with Crippen molar-refractivity contribution in [3.8, 4) is 17.0 Å². The maximum Gasteiger partial charge on any atom is 0.276 e. The second-order valence-electron chi connectivity index (χ2n) is 8.21. The number of methoxy groups -OCH3 is 1. The predicted octanol–water partition coefficient (Wildman–Crippen LogP) is 4.19. The zero-order chi connectivity index (χ0) is 26.3. The lowest BCUT2D eigenvalue weighted by Crippen LogP contribution is -2.13. The van der Waals surface area contributed by atoms with Gasteiger partial charge in [-0.15, -0.1) is 0 Å². The second-order valence-corrected chi connectivity index (χ2v) is 10.6. The van der Waals surface area contributed by atoms with Gasteiger partial charge in [0.1, 0.15) is 5.75 Å². The lowest BCUT2D eigenvalue weighted by Gasteiger charge is -2.11. The molecule has 0 saturated heterocycles. The highest BCUT2D eigenvalue weighted by molar-refractivity contribution is 7.91. The Hall–Kier alpha value is -4.22. The molecule has 0 aliphatic carbocycles. The van der Waals surface area contributed by atoms with Gasteiger partial charge in [0, 0.05) is 47.3 Å². The number of nitrogens with one attached hydrogen (secondary N) is 1. The second kappa shape index (κ2) is 9.34. The van der Waals surface area contributed by atoms with Crippen LogP contribution in [0.3, 0.4) is 0 Å². The molecule has 0 atom stereocenters. The molecule has 0 spiro atoms. The SMILES string of the molecule is COc1cc(NC(=O)c2cc3nccc(-c4cnn(C)c4C)n3n2)cc(S(=O)(=O)c2ccc(Cl)cc2)c1. The number of carbonyl (C=O) groups is 1. The fourth-order valence-corrected chi connectivity index (χ4v) is 5.27. The van der Waals surface area contributed by atoms with Crippen LogP contribution >= 0.6 is 11.6 Å². The fraction of sp³-hybridized carbons (Fsp3) is 0.120. The highest BCUT2D eigenvalue weighted by Crippen LogP contribution is 2.29. The lowest BCUT2D eigenvalue weighted by atomic mass is 10.2. The van der Waals surface area contributed by atoms with Crippen LogP contribution in [-0.4, -0.2) is 45.8 Å². The fourth-order valence-electron chi connectivity index (χ4n) is 3.82. The molecule has 0 aliphatic heterocycles. The van der Waals surface area contributed by atoms with Crippen LogP contribution in [0.2, 0.25) is 5.02 Å². The molecule has 10 nitrogen and oxygen atoms in total. The number of aromatic nitrogens is 5. The van der Waals surface area contributed by atoms with Crippen LogP contribution in [0.1, 0.15) is 16.2 Å². The van der Waals surface area contributed by atoms with Crippen molar-refractivity contribution in [2.45, 2.75) is 16.7 Å². The minimum absolute atomic E-state index is 0.0459. The number of amides is 1. The number of anilines is 1. The summed E-state index contributed by atoms with van der Waals surface area (Å²) in [5, 5.41) is 11.9. The number of hydrogen-bond acceptors (Lipinski definition) is 7.